The number of esters is 1. The molecule has 0 unspecified atom stereocenters. The first kappa shape index (κ1) is 28.2. The second-order valence-corrected chi connectivity index (χ2v) is 17.0. The fraction of sp³-hybridized carbons (Fsp3) is 0.667. The molecular weight excluding hydrogens is 474 g/mol. The first-order valence-electron chi connectivity index (χ1n) is 12.8. The summed E-state index contributed by atoms with van der Waals surface area (Å²) in [5, 5.41) is 0.185. The Kier molecular flexibility index (Phi) is 8.25. The zero-order valence-electron chi connectivity index (χ0n) is 23.4. The van der Waals surface area contributed by atoms with Gasteiger partial charge in [0.15, 0.2) is 8.32 Å². The second kappa shape index (κ2) is 10.5. The van der Waals surface area contributed by atoms with Crippen molar-refractivity contribution in [3.8, 4) is 0 Å². The molecule has 8 nitrogen and oxygen atoms in total. The van der Waals surface area contributed by atoms with Crippen molar-refractivity contribution in [2.75, 3.05) is 38.2 Å². The number of aromatic nitrogens is 1. The highest BCUT2D eigenvalue weighted by atomic mass is 28.4. The second-order valence-electron chi connectivity index (χ2n) is 12.2. The smallest absolute Gasteiger partial charge is 0.410 e. The normalized spacial score (nSPS) is 19.5. The van der Waals surface area contributed by atoms with Crippen LogP contribution in [0.15, 0.2) is 23.9 Å². The Morgan fingerprint density at radius 1 is 1.08 bits per heavy atom. The molecule has 0 aromatic carbocycles. The highest BCUT2D eigenvalue weighted by Gasteiger charge is 2.40. The van der Waals surface area contributed by atoms with Gasteiger partial charge in [0.1, 0.15) is 11.4 Å². The van der Waals surface area contributed by atoms with E-state index in [9.17, 15) is 9.59 Å². The zero-order chi connectivity index (χ0) is 26.9. The summed E-state index contributed by atoms with van der Waals surface area (Å²) >= 11 is 0. The molecule has 36 heavy (non-hydrogen) atoms. The highest BCUT2D eigenvalue weighted by Crippen LogP contribution is 2.38. The lowest BCUT2D eigenvalue weighted by Gasteiger charge is -2.38. The van der Waals surface area contributed by atoms with Gasteiger partial charge in [-0.3, -0.25) is 0 Å². The number of hydrogen-bond acceptors (Lipinski definition) is 7. The maximum absolute atomic E-state index is 12.6. The van der Waals surface area contributed by atoms with Crippen molar-refractivity contribution < 1.29 is 23.5 Å². The van der Waals surface area contributed by atoms with Gasteiger partial charge in [0, 0.05) is 25.8 Å². The minimum atomic E-state index is -1.82. The van der Waals surface area contributed by atoms with Crippen LogP contribution in [-0.4, -0.2) is 75.3 Å². The SMILES string of the molecule is COC(=O)C1=C(c2ccc(N3CC[C@H](O[Si](C)(C)C(C)(C)C)C3)nc2)CCN(C(=O)OC(C)(C)C)C1. The van der Waals surface area contributed by atoms with Crippen LogP contribution in [0, 0.1) is 0 Å². The van der Waals surface area contributed by atoms with Crippen molar-refractivity contribution >= 4 is 31.8 Å². The van der Waals surface area contributed by atoms with Gasteiger partial charge < -0.3 is 23.7 Å². The van der Waals surface area contributed by atoms with Crippen LogP contribution in [0.4, 0.5) is 10.6 Å². The highest BCUT2D eigenvalue weighted by molar-refractivity contribution is 6.74. The van der Waals surface area contributed by atoms with E-state index in [0.717, 1.165) is 36.5 Å². The average molecular weight is 518 g/mol. The largest absolute Gasteiger partial charge is 0.466 e. The van der Waals surface area contributed by atoms with E-state index in [2.05, 4.69) is 38.8 Å². The number of amides is 1. The van der Waals surface area contributed by atoms with Crippen molar-refractivity contribution in [3.63, 3.8) is 0 Å². The number of nitrogens with zero attached hydrogens (tertiary/aromatic N) is 3. The molecule has 0 radical (unpaired) electrons. The topological polar surface area (TPSA) is 81.2 Å². The summed E-state index contributed by atoms with van der Waals surface area (Å²) < 4.78 is 17.1. The summed E-state index contributed by atoms with van der Waals surface area (Å²) in [6.45, 7) is 19.2. The standard InChI is InChI=1S/C27H43N3O5Si/c1-26(2,3)34-25(32)30-15-13-21(22(18-30)24(31)33-7)19-10-11-23(28-16-19)29-14-12-20(17-29)35-36(8,9)27(4,5)6/h10-11,16,20H,12-15,17-18H2,1-9H3/t20-/m0/s1. The monoisotopic (exact) mass is 517 g/mol. The number of methoxy groups -OCH3 is 1. The molecule has 200 valence electrons. The van der Waals surface area contributed by atoms with Crippen LogP contribution in [0.25, 0.3) is 5.57 Å². The molecule has 0 spiro atoms. The van der Waals surface area contributed by atoms with Crippen molar-refractivity contribution in [2.45, 2.75) is 84.2 Å². The van der Waals surface area contributed by atoms with Gasteiger partial charge in [-0.1, -0.05) is 20.8 Å². The van der Waals surface area contributed by atoms with Gasteiger partial charge in [-0.2, -0.15) is 0 Å². The number of hydrogen-bond donors (Lipinski definition) is 0. The van der Waals surface area contributed by atoms with Gasteiger partial charge in [0.2, 0.25) is 0 Å². The van der Waals surface area contributed by atoms with E-state index in [-0.39, 0.29) is 17.7 Å². The third kappa shape index (κ3) is 6.67. The number of pyridine rings is 1. The summed E-state index contributed by atoms with van der Waals surface area (Å²) in [5.41, 5.74) is 1.60. The lowest BCUT2D eigenvalue weighted by atomic mass is 9.94. The Morgan fingerprint density at radius 3 is 2.33 bits per heavy atom. The quantitative estimate of drug-likeness (QED) is 0.390. The van der Waals surface area contributed by atoms with Crippen LogP contribution >= 0.6 is 0 Å². The minimum Gasteiger partial charge on any atom is -0.466 e. The molecule has 2 aliphatic heterocycles. The summed E-state index contributed by atoms with van der Waals surface area (Å²) in [4.78, 5) is 33.7. The molecule has 1 saturated heterocycles. The Hall–Kier alpha value is -2.39. The van der Waals surface area contributed by atoms with Crippen molar-refractivity contribution in [3.05, 3.63) is 29.5 Å². The number of ether oxygens (including phenoxy) is 2. The summed E-state index contributed by atoms with van der Waals surface area (Å²) in [5.74, 6) is 0.471. The van der Waals surface area contributed by atoms with E-state index < -0.39 is 26.0 Å². The molecule has 0 N–H and O–H groups in total. The molecule has 0 aliphatic carbocycles. The van der Waals surface area contributed by atoms with Crippen LogP contribution in [0.2, 0.25) is 18.1 Å². The number of carbonyl (C=O) groups is 2. The van der Waals surface area contributed by atoms with Crippen LogP contribution in [-0.2, 0) is 18.7 Å². The van der Waals surface area contributed by atoms with E-state index >= 15 is 0 Å². The maximum Gasteiger partial charge on any atom is 0.410 e. The lowest BCUT2D eigenvalue weighted by molar-refractivity contribution is -0.136. The fourth-order valence-electron chi connectivity index (χ4n) is 4.25. The summed E-state index contributed by atoms with van der Waals surface area (Å²) in [6, 6.07) is 4.01. The summed E-state index contributed by atoms with van der Waals surface area (Å²) in [7, 11) is -0.458. The predicted octanol–water partition coefficient (Wildman–Crippen LogP) is 5.25. The lowest BCUT2D eigenvalue weighted by Crippen LogP contribution is -2.44. The third-order valence-electron chi connectivity index (χ3n) is 7.26. The van der Waals surface area contributed by atoms with Crippen molar-refractivity contribution in [1.82, 2.24) is 9.88 Å². The molecule has 3 rings (SSSR count). The predicted molar refractivity (Wildman–Crippen MR) is 144 cm³/mol. The number of anilines is 1. The maximum atomic E-state index is 12.6. The van der Waals surface area contributed by atoms with Gasteiger partial charge in [-0.15, -0.1) is 0 Å². The van der Waals surface area contributed by atoms with E-state index in [4.69, 9.17) is 18.9 Å². The molecule has 9 heteroatoms. The molecule has 1 atom stereocenters. The van der Waals surface area contributed by atoms with Gasteiger partial charge in [-0.05, 0) is 75.0 Å². The van der Waals surface area contributed by atoms with Crippen molar-refractivity contribution in [1.29, 1.82) is 0 Å². The first-order chi connectivity index (χ1) is 16.6. The minimum absolute atomic E-state index is 0.150. The van der Waals surface area contributed by atoms with E-state index in [1.165, 1.54) is 7.11 Å². The Balaban J connectivity index is 1.73. The first-order valence-corrected chi connectivity index (χ1v) is 15.7. The Bertz CT molecular complexity index is 992. The Labute approximate surface area is 217 Å². The number of carbonyl (C=O) groups excluding carboxylic acids is 2. The van der Waals surface area contributed by atoms with E-state index in [1.807, 2.05) is 39.1 Å². The molecule has 2 aliphatic rings. The van der Waals surface area contributed by atoms with E-state index in [0.29, 0.717) is 18.5 Å². The zero-order valence-corrected chi connectivity index (χ0v) is 24.4. The van der Waals surface area contributed by atoms with Crippen LogP contribution in [0.1, 0.15) is 59.9 Å². The molecule has 1 fully saturated rings. The van der Waals surface area contributed by atoms with Crippen LogP contribution < -0.4 is 4.90 Å². The van der Waals surface area contributed by atoms with Gasteiger partial charge in [0.05, 0.1) is 25.3 Å². The van der Waals surface area contributed by atoms with Gasteiger partial charge in [0.25, 0.3) is 0 Å². The fourth-order valence-corrected chi connectivity index (χ4v) is 5.63. The molecule has 1 aromatic rings. The number of rotatable bonds is 5. The van der Waals surface area contributed by atoms with E-state index in [1.54, 1.807) is 4.90 Å². The molecule has 1 amide bonds. The molecule has 0 saturated carbocycles. The van der Waals surface area contributed by atoms with Crippen molar-refractivity contribution in [2.24, 2.45) is 0 Å². The molecule has 3 heterocycles. The molecule has 0 bridgehead atoms. The Morgan fingerprint density at radius 2 is 1.78 bits per heavy atom. The average Bonchev–Trinajstić information content (AvgIpc) is 3.24. The van der Waals surface area contributed by atoms with Gasteiger partial charge >= 0.3 is 12.1 Å². The molecule has 1 aromatic heterocycles. The molecular formula is C27H43N3O5Si. The van der Waals surface area contributed by atoms with Crippen LogP contribution in [0.5, 0.6) is 0 Å². The van der Waals surface area contributed by atoms with Gasteiger partial charge in [-0.25, -0.2) is 14.6 Å². The summed E-state index contributed by atoms with van der Waals surface area (Å²) in [6.07, 6.45) is 3.13. The van der Waals surface area contributed by atoms with Crippen LogP contribution in [0.3, 0.4) is 0 Å². The third-order valence-corrected chi connectivity index (χ3v) is 11.8.